The minimum Gasteiger partial charge on any atom is -0.456 e. The van der Waals surface area contributed by atoms with Gasteiger partial charge in [-0.1, -0.05) is 24.8 Å². The molecule has 4 aromatic rings. The van der Waals surface area contributed by atoms with E-state index in [4.69, 9.17) is 4.74 Å². The number of anilines is 3. The van der Waals surface area contributed by atoms with Crippen LogP contribution in [0, 0.1) is 0 Å². The van der Waals surface area contributed by atoms with E-state index in [1.54, 1.807) is 37.6 Å². The molecule has 2 N–H and O–H groups in total. The summed E-state index contributed by atoms with van der Waals surface area (Å²) in [6, 6.07) is 16.7. The minimum absolute atomic E-state index is 0.201. The molecule has 0 atom stereocenters. The second-order valence-corrected chi connectivity index (χ2v) is 8.47. The van der Waals surface area contributed by atoms with E-state index in [9.17, 15) is 4.79 Å². The van der Waals surface area contributed by atoms with E-state index >= 15 is 0 Å². The Morgan fingerprint density at radius 3 is 2.53 bits per heavy atom. The number of nitrogens with zero attached hydrogens (tertiary/aromatic N) is 5. The van der Waals surface area contributed by atoms with Crippen molar-refractivity contribution in [1.82, 2.24) is 24.4 Å². The third-order valence-corrected chi connectivity index (χ3v) is 5.94. The molecule has 1 aliphatic rings. The molecule has 1 aliphatic heterocycles. The van der Waals surface area contributed by atoms with Crippen molar-refractivity contribution in [3.63, 3.8) is 0 Å². The molecule has 3 aromatic heterocycles. The summed E-state index contributed by atoms with van der Waals surface area (Å²) in [4.78, 5) is 28.4. The lowest BCUT2D eigenvalue weighted by Crippen LogP contribution is -2.23. The lowest BCUT2D eigenvalue weighted by Gasteiger charge is -2.21. The van der Waals surface area contributed by atoms with Gasteiger partial charge in [0.05, 0.1) is 23.3 Å². The average Bonchev–Trinajstić information content (AvgIpc) is 3.44. The summed E-state index contributed by atoms with van der Waals surface area (Å²) < 4.78 is 7.43. The molecule has 9 nitrogen and oxygen atoms in total. The Morgan fingerprint density at radius 2 is 1.78 bits per heavy atom. The fourth-order valence-electron chi connectivity index (χ4n) is 3.98. The number of aromatic nitrogens is 4. The molecule has 0 bridgehead atoms. The molecule has 0 unspecified atom stereocenters. The number of pyridine rings is 2. The van der Waals surface area contributed by atoms with Gasteiger partial charge in [-0.05, 0) is 43.2 Å². The highest BCUT2D eigenvalue weighted by Crippen LogP contribution is 2.25. The van der Waals surface area contributed by atoms with Crippen LogP contribution in [0.1, 0.15) is 12.8 Å². The topological polar surface area (TPSA) is 97.2 Å². The Morgan fingerprint density at radius 1 is 0.972 bits per heavy atom. The van der Waals surface area contributed by atoms with Crippen LogP contribution in [0.2, 0.25) is 0 Å². The smallest absolute Gasteiger partial charge is 0.264 e. The first-order chi connectivity index (χ1) is 17.6. The van der Waals surface area contributed by atoms with Crippen LogP contribution in [0.4, 0.5) is 17.5 Å². The number of hydrogen-bond donors (Lipinski definition) is 2. The average molecular weight is 482 g/mol. The van der Waals surface area contributed by atoms with E-state index in [1.165, 1.54) is 23.6 Å². The van der Waals surface area contributed by atoms with Gasteiger partial charge in [-0.2, -0.15) is 0 Å². The largest absolute Gasteiger partial charge is 0.456 e. The number of para-hydroxylation sites is 1. The van der Waals surface area contributed by atoms with Crippen LogP contribution in [0.5, 0.6) is 11.5 Å². The molecule has 0 saturated carbocycles. The molecule has 4 heterocycles. The van der Waals surface area contributed by atoms with Gasteiger partial charge in [0.1, 0.15) is 17.3 Å². The van der Waals surface area contributed by atoms with Crippen LogP contribution in [0.25, 0.3) is 11.3 Å². The van der Waals surface area contributed by atoms with Gasteiger partial charge in [-0.15, -0.1) is 0 Å². The van der Waals surface area contributed by atoms with E-state index < -0.39 is 0 Å². The van der Waals surface area contributed by atoms with Gasteiger partial charge in [0.15, 0.2) is 0 Å². The molecule has 0 amide bonds. The fraction of sp³-hybridized carbons (Fsp3) is 0.185. The van der Waals surface area contributed by atoms with Gasteiger partial charge in [-0.25, -0.2) is 9.97 Å². The van der Waals surface area contributed by atoms with Crippen molar-refractivity contribution in [2.24, 2.45) is 7.05 Å². The van der Waals surface area contributed by atoms with Gasteiger partial charge in [0.2, 0.25) is 5.95 Å². The number of benzene rings is 1. The van der Waals surface area contributed by atoms with Crippen LogP contribution in [-0.4, -0.2) is 37.5 Å². The molecule has 0 aliphatic carbocycles. The fourth-order valence-corrected chi connectivity index (χ4v) is 3.98. The molecule has 1 fully saturated rings. The number of likely N-dealkylation sites (tertiary alicyclic amines) is 1. The number of ether oxygens (including phenoxy) is 1. The Kier molecular flexibility index (Phi) is 6.61. The normalized spacial score (nSPS) is 12.9. The van der Waals surface area contributed by atoms with Crippen molar-refractivity contribution < 1.29 is 4.74 Å². The van der Waals surface area contributed by atoms with Crippen LogP contribution >= 0.6 is 0 Å². The number of rotatable bonds is 8. The van der Waals surface area contributed by atoms with Crippen molar-refractivity contribution in [3.8, 4) is 22.8 Å². The van der Waals surface area contributed by atoms with Gasteiger partial charge in [0.25, 0.3) is 5.56 Å². The summed E-state index contributed by atoms with van der Waals surface area (Å²) in [5, 5.41) is 6.40. The van der Waals surface area contributed by atoms with Gasteiger partial charge >= 0.3 is 0 Å². The lowest BCUT2D eigenvalue weighted by molar-refractivity contribution is 0.433. The van der Waals surface area contributed by atoms with Crippen molar-refractivity contribution in [3.05, 3.63) is 95.9 Å². The van der Waals surface area contributed by atoms with Crippen LogP contribution in [-0.2, 0) is 7.05 Å². The van der Waals surface area contributed by atoms with Crippen LogP contribution < -0.4 is 20.9 Å². The molecular formula is C27H27N7O2. The maximum absolute atomic E-state index is 13.0. The van der Waals surface area contributed by atoms with Gasteiger partial charge in [-0.3, -0.25) is 14.3 Å². The Bertz CT molecular complexity index is 1410. The minimum atomic E-state index is -0.201. The maximum Gasteiger partial charge on any atom is 0.264 e. The second-order valence-electron chi connectivity index (χ2n) is 8.47. The Hall–Kier alpha value is -4.66. The quantitative estimate of drug-likeness (QED) is 0.372. The molecule has 5 rings (SSSR count). The van der Waals surface area contributed by atoms with Crippen molar-refractivity contribution in [2.45, 2.75) is 12.8 Å². The monoisotopic (exact) mass is 481 g/mol. The predicted octanol–water partition coefficient (Wildman–Crippen LogP) is 4.75. The lowest BCUT2D eigenvalue weighted by atomic mass is 10.2. The van der Waals surface area contributed by atoms with Crippen molar-refractivity contribution in [2.75, 3.05) is 23.7 Å². The predicted molar refractivity (Wildman–Crippen MR) is 140 cm³/mol. The standard InChI is InChI=1S/C27H27N7O2/c1-19(34-14-6-7-15-34)31-25-16-21(12-13-28-25)36-22-10-11-24(29-17-22)23-18-30-27(33(2)26(23)35)32-20-8-4-3-5-9-20/h3-5,8-13,16-18H,1,6-7,14-15H2,2H3,(H,28,31)(H,30,32). The zero-order valence-corrected chi connectivity index (χ0v) is 20.0. The van der Waals surface area contributed by atoms with Gasteiger partial charge in [0, 0.05) is 44.3 Å². The number of nitrogens with one attached hydrogen (secondary N) is 2. The highest BCUT2D eigenvalue weighted by Gasteiger charge is 2.14. The highest BCUT2D eigenvalue weighted by atomic mass is 16.5. The van der Waals surface area contributed by atoms with Crippen molar-refractivity contribution in [1.29, 1.82) is 0 Å². The summed E-state index contributed by atoms with van der Waals surface area (Å²) in [6.07, 6.45) is 7.15. The summed E-state index contributed by atoms with van der Waals surface area (Å²) in [7, 11) is 1.68. The summed E-state index contributed by atoms with van der Waals surface area (Å²) >= 11 is 0. The third-order valence-electron chi connectivity index (χ3n) is 5.94. The first-order valence-electron chi connectivity index (χ1n) is 11.8. The first kappa shape index (κ1) is 23.1. The maximum atomic E-state index is 13.0. The molecule has 9 heteroatoms. The third kappa shape index (κ3) is 5.20. The van der Waals surface area contributed by atoms with Crippen LogP contribution in [0.3, 0.4) is 0 Å². The van der Waals surface area contributed by atoms with Crippen LogP contribution in [0.15, 0.2) is 90.4 Å². The molecule has 1 aromatic carbocycles. The van der Waals surface area contributed by atoms with Crippen molar-refractivity contribution >= 4 is 17.5 Å². The molecule has 182 valence electrons. The molecule has 36 heavy (non-hydrogen) atoms. The second kappa shape index (κ2) is 10.3. The summed E-state index contributed by atoms with van der Waals surface area (Å²) in [5.41, 5.74) is 1.56. The zero-order chi connectivity index (χ0) is 24.9. The molecule has 0 radical (unpaired) electrons. The first-order valence-corrected chi connectivity index (χ1v) is 11.8. The van der Waals surface area contributed by atoms with Gasteiger partial charge < -0.3 is 20.3 Å². The summed E-state index contributed by atoms with van der Waals surface area (Å²) in [6.45, 7) is 6.12. The van der Waals surface area contributed by atoms with E-state index in [0.717, 1.165) is 24.6 Å². The van der Waals surface area contributed by atoms with E-state index in [2.05, 4.69) is 37.1 Å². The van der Waals surface area contributed by atoms with E-state index in [-0.39, 0.29) is 5.56 Å². The summed E-state index contributed by atoms with van der Waals surface area (Å²) in [5.74, 6) is 3.10. The molecule has 1 saturated heterocycles. The molecular weight excluding hydrogens is 454 g/mol. The van der Waals surface area contributed by atoms with E-state index in [0.29, 0.717) is 34.5 Å². The Balaban J connectivity index is 1.27. The highest BCUT2D eigenvalue weighted by molar-refractivity contribution is 5.60. The zero-order valence-electron chi connectivity index (χ0n) is 20.0. The Labute approximate surface area is 209 Å². The number of hydrogen-bond acceptors (Lipinski definition) is 8. The molecule has 0 spiro atoms. The SMILES string of the molecule is C=C(Nc1cc(Oc2ccc(-c3cnc(Nc4ccccc4)n(C)c3=O)nc2)ccn1)N1CCCC1. The van der Waals surface area contributed by atoms with E-state index in [1.807, 2.05) is 36.4 Å².